The first kappa shape index (κ1) is 10.8. The number of hydrogen-bond donors (Lipinski definition) is 2. The van der Waals surface area contributed by atoms with E-state index in [4.69, 9.17) is 10.6 Å². The van der Waals surface area contributed by atoms with Gasteiger partial charge in [0.2, 0.25) is 5.88 Å². The molecule has 0 atom stereocenters. The topological polar surface area (TPSA) is 60.2 Å². The molecule has 0 unspecified atom stereocenters. The van der Waals surface area contributed by atoms with Crippen LogP contribution in [0.15, 0.2) is 18.2 Å². The predicted octanol–water partition coefficient (Wildman–Crippen LogP) is 1.94. The molecular weight excluding hydrogens is 178 g/mol. The molecule has 0 aromatic carbocycles. The van der Waals surface area contributed by atoms with Crippen molar-refractivity contribution >= 4 is 5.82 Å². The summed E-state index contributed by atoms with van der Waals surface area (Å²) in [7, 11) is 0. The van der Waals surface area contributed by atoms with Gasteiger partial charge in [0.25, 0.3) is 0 Å². The van der Waals surface area contributed by atoms with Gasteiger partial charge in [0.05, 0.1) is 6.61 Å². The van der Waals surface area contributed by atoms with E-state index >= 15 is 0 Å². The SMILES string of the molecule is CCCCCOc1cccc(NN)n1. The van der Waals surface area contributed by atoms with E-state index in [1.807, 2.05) is 12.1 Å². The normalized spacial score (nSPS) is 9.86. The molecule has 0 radical (unpaired) electrons. The molecule has 0 bridgehead atoms. The highest BCUT2D eigenvalue weighted by Crippen LogP contribution is 2.10. The van der Waals surface area contributed by atoms with Gasteiger partial charge in [-0.15, -0.1) is 0 Å². The Morgan fingerprint density at radius 2 is 2.29 bits per heavy atom. The summed E-state index contributed by atoms with van der Waals surface area (Å²) < 4.78 is 5.44. The Labute approximate surface area is 84.4 Å². The molecule has 4 nitrogen and oxygen atoms in total. The van der Waals surface area contributed by atoms with E-state index in [1.165, 1.54) is 12.8 Å². The third-order valence-electron chi connectivity index (χ3n) is 1.87. The quantitative estimate of drug-likeness (QED) is 0.413. The first-order valence-corrected chi connectivity index (χ1v) is 4.93. The summed E-state index contributed by atoms with van der Waals surface area (Å²) in [6.45, 7) is 2.88. The third-order valence-corrected chi connectivity index (χ3v) is 1.87. The van der Waals surface area contributed by atoms with Gasteiger partial charge in [0.15, 0.2) is 0 Å². The van der Waals surface area contributed by atoms with E-state index in [9.17, 15) is 0 Å². The van der Waals surface area contributed by atoms with Crippen molar-refractivity contribution in [3.05, 3.63) is 18.2 Å². The number of pyridine rings is 1. The molecule has 78 valence electrons. The smallest absolute Gasteiger partial charge is 0.215 e. The van der Waals surface area contributed by atoms with Crippen molar-refractivity contribution in [2.45, 2.75) is 26.2 Å². The highest BCUT2D eigenvalue weighted by molar-refractivity contribution is 5.35. The minimum Gasteiger partial charge on any atom is -0.478 e. The summed E-state index contributed by atoms with van der Waals surface area (Å²) >= 11 is 0. The molecule has 0 aliphatic rings. The van der Waals surface area contributed by atoms with Crippen molar-refractivity contribution in [2.24, 2.45) is 5.84 Å². The van der Waals surface area contributed by atoms with Gasteiger partial charge in [-0.1, -0.05) is 25.8 Å². The predicted molar refractivity (Wildman–Crippen MR) is 57.1 cm³/mol. The zero-order valence-electron chi connectivity index (χ0n) is 8.49. The molecule has 0 saturated carbocycles. The number of ether oxygens (including phenoxy) is 1. The second kappa shape index (κ2) is 6.21. The van der Waals surface area contributed by atoms with Gasteiger partial charge in [-0.05, 0) is 12.5 Å². The maximum Gasteiger partial charge on any atom is 0.215 e. The first-order valence-electron chi connectivity index (χ1n) is 4.93. The van der Waals surface area contributed by atoms with Crippen molar-refractivity contribution in [1.29, 1.82) is 0 Å². The van der Waals surface area contributed by atoms with Crippen molar-refractivity contribution in [3.8, 4) is 5.88 Å². The average molecular weight is 195 g/mol. The Kier molecular flexibility index (Phi) is 4.78. The Morgan fingerprint density at radius 3 is 3.00 bits per heavy atom. The molecule has 4 heteroatoms. The van der Waals surface area contributed by atoms with Crippen LogP contribution in [0, 0.1) is 0 Å². The van der Waals surface area contributed by atoms with Crippen LogP contribution in [-0.4, -0.2) is 11.6 Å². The van der Waals surface area contributed by atoms with Crippen molar-refractivity contribution in [1.82, 2.24) is 4.98 Å². The number of nitrogens with one attached hydrogen (secondary N) is 1. The standard InChI is InChI=1S/C10H17N3O/c1-2-3-4-8-14-10-7-5-6-9(12-10)13-11/h5-7H,2-4,8,11H2,1H3,(H,12,13). The van der Waals surface area contributed by atoms with E-state index < -0.39 is 0 Å². The van der Waals surface area contributed by atoms with E-state index in [-0.39, 0.29) is 0 Å². The summed E-state index contributed by atoms with van der Waals surface area (Å²) in [5.41, 5.74) is 2.48. The molecule has 14 heavy (non-hydrogen) atoms. The fourth-order valence-electron chi connectivity index (χ4n) is 1.10. The van der Waals surface area contributed by atoms with Crippen molar-refractivity contribution < 1.29 is 4.74 Å². The molecule has 0 fully saturated rings. The van der Waals surface area contributed by atoms with Gasteiger partial charge >= 0.3 is 0 Å². The second-order valence-corrected chi connectivity index (χ2v) is 3.06. The fourth-order valence-corrected chi connectivity index (χ4v) is 1.10. The number of aromatic nitrogens is 1. The first-order chi connectivity index (χ1) is 6.86. The number of rotatable bonds is 6. The Bertz CT molecular complexity index is 265. The molecule has 1 aromatic rings. The molecule has 1 heterocycles. The third kappa shape index (κ3) is 3.62. The van der Waals surface area contributed by atoms with E-state index in [1.54, 1.807) is 6.07 Å². The van der Waals surface area contributed by atoms with Crippen LogP contribution >= 0.6 is 0 Å². The van der Waals surface area contributed by atoms with Gasteiger partial charge < -0.3 is 10.2 Å². The highest BCUT2D eigenvalue weighted by atomic mass is 16.5. The minimum absolute atomic E-state index is 0.622. The lowest BCUT2D eigenvalue weighted by molar-refractivity contribution is 0.295. The van der Waals surface area contributed by atoms with Gasteiger partial charge in [0, 0.05) is 6.07 Å². The molecule has 3 N–H and O–H groups in total. The highest BCUT2D eigenvalue weighted by Gasteiger charge is 1.96. The van der Waals surface area contributed by atoms with E-state index in [0.717, 1.165) is 13.0 Å². The number of nitrogen functional groups attached to an aromatic ring is 1. The molecular formula is C10H17N3O. The number of hydrogen-bond acceptors (Lipinski definition) is 4. The van der Waals surface area contributed by atoms with Crippen LogP contribution in [0.2, 0.25) is 0 Å². The van der Waals surface area contributed by atoms with Gasteiger partial charge in [-0.3, -0.25) is 0 Å². The van der Waals surface area contributed by atoms with Crippen LogP contribution in [0.5, 0.6) is 5.88 Å². The summed E-state index contributed by atoms with van der Waals surface area (Å²) in [6, 6.07) is 5.48. The maximum atomic E-state index is 5.44. The molecule has 0 spiro atoms. The lowest BCUT2D eigenvalue weighted by Crippen LogP contribution is -2.09. The average Bonchev–Trinajstić information content (AvgIpc) is 2.25. The summed E-state index contributed by atoms with van der Waals surface area (Å²) in [4.78, 5) is 4.13. The number of nitrogens with zero attached hydrogens (tertiary/aromatic N) is 1. The summed E-state index contributed by atoms with van der Waals surface area (Å²) in [6.07, 6.45) is 3.45. The molecule has 1 aromatic heterocycles. The number of hydrazine groups is 1. The van der Waals surface area contributed by atoms with Gasteiger partial charge in [-0.2, -0.15) is 4.98 Å². The van der Waals surface area contributed by atoms with Crippen LogP contribution in [0.25, 0.3) is 0 Å². The largest absolute Gasteiger partial charge is 0.478 e. The van der Waals surface area contributed by atoms with Gasteiger partial charge in [0.1, 0.15) is 5.82 Å². The fraction of sp³-hybridized carbons (Fsp3) is 0.500. The molecule has 0 amide bonds. The molecule has 0 saturated heterocycles. The van der Waals surface area contributed by atoms with Crippen molar-refractivity contribution in [3.63, 3.8) is 0 Å². The van der Waals surface area contributed by atoms with Crippen LogP contribution < -0.4 is 16.0 Å². The summed E-state index contributed by atoms with van der Waals surface area (Å²) in [5, 5.41) is 0. The molecule has 0 aliphatic carbocycles. The zero-order chi connectivity index (χ0) is 10.2. The van der Waals surface area contributed by atoms with E-state index in [2.05, 4.69) is 17.3 Å². The Morgan fingerprint density at radius 1 is 1.43 bits per heavy atom. The van der Waals surface area contributed by atoms with Gasteiger partial charge in [-0.25, -0.2) is 5.84 Å². The van der Waals surface area contributed by atoms with E-state index in [0.29, 0.717) is 11.7 Å². The van der Waals surface area contributed by atoms with Crippen LogP contribution in [0.4, 0.5) is 5.82 Å². The lowest BCUT2D eigenvalue weighted by Gasteiger charge is -2.05. The van der Waals surface area contributed by atoms with Crippen LogP contribution in [0.1, 0.15) is 26.2 Å². The lowest BCUT2D eigenvalue weighted by atomic mass is 10.3. The maximum absolute atomic E-state index is 5.44. The number of unbranched alkanes of at least 4 members (excludes halogenated alkanes) is 2. The molecule has 0 aliphatic heterocycles. The minimum atomic E-state index is 0.622. The second-order valence-electron chi connectivity index (χ2n) is 3.06. The van der Waals surface area contributed by atoms with Crippen LogP contribution in [0.3, 0.4) is 0 Å². The number of nitrogens with two attached hydrogens (primary N) is 1. The number of anilines is 1. The summed E-state index contributed by atoms with van der Waals surface area (Å²) in [5.74, 6) is 6.47. The molecule has 1 rings (SSSR count). The monoisotopic (exact) mass is 195 g/mol. The Balaban J connectivity index is 2.34. The Hall–Kier alpha value is -1.29. The zero-order valence-corrected chi connectivity index (χ0v) is 8.49. The van der Waals surface area contributed by atoms with Crippen LogP contribution in [-0.2, 0) is 0 Å². The van der Waals surface area contributed by atoms with Crippen molar-refractivity contribution in [2.75, 3.05) is 12.0 Å².